The summed E-state index contributed by atoms with van der Waals surface area (Å²) in [4.78, 5) is 22.7. The summed E-state index contributed by atoms with van der Waals surface area (Å²) in [6, 6.07) is 0.249. The second-order valence-electron chi connectivity index (χ2n) is 6.71. The Balaban J connectivity index is 2.20. The van der Waals surface area contributed by atoms with Gasteiger partial charge < -0.3 is 15.7 Å². The highest BCUT2D eigenvalue weighted by molar-refractivity contribution is 5.74. The number of carbonyl (C=O) groups is 2. The third-order valence-corrected chi connectivity index (χ3v) is 4.86. The van der Waals surface area contributed by atoms with E-state index in [2.05, 4.69) is 24.5 Å². The first-order valence-electron chi connectivity index (χ1n) is 8.11. The molecular weight excluding hydrogens is 268 g/mol. The molecule has 1 aliphatic carbocycles. The molecule has 5 heteroatoms. The van der Waals surface area contributed by atoms with Gasteiger partial charge in [0, 0.05) is 12.1 Å². The SMILES string of the molecule is CC(CCCC(C)C(=O)O)NC(=O)NC1CCC(C)C1C. The van der Waals surface area contributed by atoms with Gasteiger partial charge in [-0.25, -0.2) is 4.79 Å². The fourth-order valence-corrected chi connectivity index (χ4v) is 2.93. The van der Waals surface area contributed by atoms with Gasteiger partial charge in [0.25, 0.3) is 0 Å². The topological polar surface area (TPSA) is 78.4 Å². The van der Waals surface area contributed by atoms with E-state index in [0.29, 0.717) is 18.3 Å². The lowest BCUT2D eigenvalue weighted by Gasteiger charge is -2.22. The summed E-state index contributed by atoms with van der Waals surface area (Å²) in [5.74, 6) is 0.136. The Labute approximate surface area is 127 Å². The van der Waals surface area contributed by atoms with Crippen LogP contribution in [0.3, 0.4) is 0 Å². The van der Waals surface area contributed by atoms with Crippen molar-refractivity contribution in [2.45, 2.75) is 71.9 Å². The number of carboxylic acid groups (broad SMARTS) is 1. The van der Waals surface area contributed by atoms with Crippen LogP contribution >= 0.6 is 0 Å². The van der Waals surface area contributed by atoms with E-state index in [1.54, 1.807) is 6.92 Å². The number of amides is 2. The minimum atomic E-state index is -0.752. The zero-order chi connectivity index (χ0) is 16.0. The predicted molar refractivity (Wildman–Crippen MR) is 83.1 cm³/mol. The molecule has 1 fully saturated rings. The van der Waals surface area contributed by atoms with Gasteiger partial charge in [-0.3, -0.25) is 4.79 Å². The van der Waals surface area contributed by atoms with Crippen LogP contribution in [0.15, 0.2) is 0 Å². The van der Waals surface area contributed by atoms with Crippen molar-refractivity contribution >= 4 is 12.0 Å². The van der Waals surface area contributed by atoms with E-state index in [9.17, 15) is 9.59 Å². The van der Waals surface area contributed by atoms with Crippen molar-refractivity contribution in [3.05, 3.63) is 0 Å². The molecule has 0 aliphatic heterocycles. The lowest BCUT2D eigenvalue weighted by molar-refractivity contribution is -0.141. The molecule has 1 saturated carbocycles. The van der Waals surface area contributed by atoms with Crippen molar-refractivity contribution in [2.24, 2.45) is 17.8 Å². The Morgan fingerprint density at radius 1 is 1.19 bits per heavy atom. The van der Waals surface area contributed by atoms with Gasteiger partial charge in [0.05, 0.1) is 5.92 Å². The third kappa shape index (κ3) is 5.94. The van der Waals surface area contributed by atoms with Crippen LogP contribution in [-0.2, 0) is 4.79 Å². The average molecular weight is 298 g/mol. The lowest BCUT2D eigenvalue weighted by atomic mass is 9.98. The van der Waals surface area contributed by atoms with Gasteiger partial charge in [0.2, 0.25) is 0 Å². The highest BCUT2D eigenvalue weighted by Crippen LogP contribution is 2.30. The molecule has 0 heterocycles. The Hall–Kier alpha value is -1.26. The molecule has 0 aromatic rings. The molecular formula is C16H30N2O3. The monoisotopic (exact) mass is 298 g/mol. The van der Waals surface area contributed by atoms with Crippen LogP contribution in [0.1, 0.15) is 59.8 Å². The van der Waals surface area contributed by atoms with E-state index in [1.807, 2.05) is 6.92 Å². The zero-order valence-corrected chi connectivity index (χ0v) is 13.7. The van der Waals surface area contributed by atoms with E-state index in [-0.39, 0.29) is 24.0 Å². The molecule has 0 aromatic heterocycles. The van der Waals surface area contributed by atoms with Gasteiger partial charge >= 0.3 is 12.0 Å². The molecule has 0 saturated heterocycles. The van der Waals surface area contributed by atoms with Crippen molar-refractivity contribution in [3.63, 3.8) is 0 Å². The average Bonchev–Trinajstić information content (AvgIpc) is 2.70. The summed E-state index contributed by atoms with van der Waals surface area (Å²) in [6.45, 7) is 8.11. The first-order valence-corrected chi connectivity index (χ1v) is 8.11. The van der Waals surface area contributed by atoms with Crippen LogP contribution in [0.5, 0.6) is 0 Å². The number of hydrogen-bond donors (Lipinski definition) is 3. The van der Waals surface area contributed by atoms with Gasteiger partial charge in [-0.05, 0) is 44.4 Å². The number of carboxylic acids is 1. The smallest absolute Gasteiger partial charge is 0.315 e. The molecule has 0 radical (unpaired) electrons. The number of nitrogens with one attached hydrogen (secondary N) is 2. The number of urea groups is 1. The molecule has 0 aromatic carbocycles. The largest absolute Gasteiger partial charge is 0.481 e. The molecule has 0 bridgehead atoms. The van der Waals surface area contributed by atoms with E-state index < -0.39 is 5.97 Å². The minimum Gasteiger partial charge on any atom is -0.481 e. The van der Waals surface area contributed by atoms with Crippen LogP contribution in [-0.4, -0.2) is 29.2 Å². The summed E-state index contributed by atoms with van der Waals surface area (Å²) in [5.41, 5.74) is 0. The van der Waals surface area contributed by atoms with Crippen LogP contribution in [0, 0.1) is 17.8 Å². The van der Waals surface area contributed by atoms with Crippen LogP contribution in [0.2, 0.25) is 0 Å². The first-order chi connectivity index (χ1) is 9.81. The number of hydrogen-bond acceptors (Lipinski definition) is 2. The summed E-state index contributed by atoms with van der Waals surface area (Å²) in [6.07, 6.45) is 4.50. The standard InChI is InChI=1S/C16H30N2O3/c1-10-8-9-14(13(10)4)18-16(21)17-12(3)7-5-6-11(2)15(19)20/h10-14H,5-9H2,1-4H3,(H,19,20)(H2,17,18,21). The maximum absolute atomic E-state index is 12.0. The molecule has 1 aliphatic rings. The molecule has 21 heavy (non-hydrogen) atoms. The molecule has 122 valence electrons. The minimum absolute atomic E-state index is 0.0696. The highest BCUT2D eigenvalue weighted by Gasteiger charge is 2.30. The fraction of sp³-hybridized carbons (Fsp3) is 0.875. The van der Waals surface area contributed by atoms with Crippen LogP contribution < -0.4 is 10.6 Å². The fourth-order valence-electron chi connectivity index (χ4n) is 2.93. The van der Waals surface area contributed by atoms with Gasteiger partial charge in [-0.15, -0.1) is 0 Å². The van der Waals surface area contributed by atoms with Gasteiger partial charge in [-0.2, -0.15) is 0 Å². The summed E-state index contributed by atoms with van der Waals surface area (Å²) in [5, 5.41) is 14.8. The van der Waals surface area contributed by atoms with Crippen molar-refractivity contribution in [3.8, 4) is 0 Å². The number of rotatable bonds is 7. The summed E-state index contributed by atoms with van der Waals surface area (Å²) < 4.78 is 0. The summed E-state index contributed by atoms with van der Waals surface area (Å²) >= 11 is 0. The van der Waals surface area contributed by atoms with E-state index in [1.165, 1.54) is 6.42 Å². The lowest BCUT2D eigenvalue weighted by Crippen LogP contribution is -2.46. The Morgan fingerprint density at radius 2 is 1.86 bits per heavy atom. The molecule has 5 unspecified atom stereocenters. The normalized spacial score (nSPS) is 27.9. The quantitative estimate of drug-likeness (QED) is 0.676. The molecule has 1 rings (SSSR count). The predicted octanol–water partition coefficient (Wildman–Crippen LogP) is 3.00. The maximum atomic E-state index is 12.0. The molecule has 5 nitrogen and oxygen atoms in total. The van der Waals surface area contributed by atoms with Crippen LogP contribution in [0.25, 0.3) is 0 Å². The third-order valence-electron chi connectivity index (χ3n) is 4.86. The molecule has 0 spiro atoms. The number of carbonyl (C=O) groups excluding carboxylic acids is 1. The van der Waals surface area contributed by atoms with Crippen molar-refractivity contribution in [1.29, 1.82) is 0 Å². The Kier molecular flexibility index (Phi) is 6.99. The Bertz CT molecular complexity index is 359. The molecule has 5 atom stereocenters. The number of aliphatic carboxylic acids is 1. The van der Waals surface area contributed by atoms with E-state index in [4.69, 9.17) is 5.11 Å². The van der Waals surface area contributed by atoms with Gasteiger partial charge in [0.1, 0.15) is 0 Å². The molecule has 2 amide bonds. The Morgan fingerprint density at radius 3 is 2.38 bits per heavy atom. The van der Waals surface area contributed by atoms with E-state index >= 15 is 0 Å². The summed E-state index contributed by atoms with van der Waals surface area (Å²) in [7, 11) is 0. The second-order valence-corrected chi connectivity index (χ2v) is 6.71. The van der Waals surface area contributed by atoms with Crippen LogP contribution in [0.4, 0.5) is 4.79 Å². The zero-order valence-electron chi connectivity index (χ0n) is 13.7. The highest BCUT2D eigenvalue weighted by atomic mass is 16.4. The second kappa shape index (κ2) is 8.25. The van der Waals surface area contributed by atoms with Crippen molar-refractivity contribution in [2.75, 3.05) is 0 Å². The van der Waals surface area contributed by atoms with Crippen molar-refractivity contribution in [1.82, 2.24) is 10.6 Å². The molecule has 3 N–H and O–H groups in total. The van der Waals surface area contributed by atoms with Gasteiger partial charge in [0.15, 0.2) is 0 Å². The first kappa shape index (κ1) is 17.8. The van der Waals surface area contributed by atoms with Crippen molar-refractivity contribution < 1.29 is 14.7 Å². The maximum Gasteiger partial charge on any atom is 0.315 e. The van der Waals surface area contributed by atoms with Gasteiger partial charge in [-0.1, -0.05) is 27.2 Å². The van der Waals surface area contributed by atoms with E-state index in [0.717, 1.165) is 19.3 Å².